The number of morpholine rings is 1. The first-order valence-electron chi connectivity index (χ1n) is 6.06. The lowest BCUT2D eigenvalue weighted by atomic mass is 10.0. The van der Waals surface area contributed by atoms with Crippen LogP contribution in [0.3, 0.4) is 0 Å². The van der Waals surface area contributed by atoms with E-state index in [2.05, 4.69) is 0 Å². The topological polar surface area (TPSA) is 70.0 Å². The molecular formula is C13H16FNO4. The van der Waals surface area contributed by atoms with Gasteiger partial charge < -0.3 is 14.9 Å². The molecule has 2 N–H and O–H groups in total. The molecule has 1 fully saturated rings. The number of hydrogen-bond donors (Lipinski definition) is 2. The van der Waals surface area contributed by atoms with Crippen LogP contribution in [0.5, 0.6) is 5.75 Å². The number of nitrogens with zero attached hydrogens (tertiary/aromatic N) is 1. The molecule has 6 heteroatoms. The Kier molecular flexibility index (Phi) is 4.01. The van der Waals surface area contributed by atoms with E-state index >= 15 is 0 Å². The summed E-state index contributed by atoms with van der Waals surface area (Å²) < 4.78 is 18.1. The zero-order chi connectivity index (χ0) is 14.0. The average molecular weight is 269 g/mol. The van der Waals surface area contributed by atoms with E-state index in [1.807, 2.05) is 11.8 Å². The monoisotopic (exact) mass is 269 g/mol. The highest BCUT2D eigenvalue weighted by atomic mass is 19.1. The molecule has 1 saturated heterocycles. The second kappa shape index (κ2) is 5.54. The van der Waals surface area contributed by atoms with E-state index in [4.69, 9.17) is 9.84 Å². The molecule has 1 aromatic carbocycles. The van der Waals surface area contributed by atoms with E-state index in [1.54, 1.807) is 0 Å². The van der Waals surface area contributed by atoms with E-state index in [-0.39, 0.29) is 18.3 Å². The maximum atomic E-state index is 12.9. The van der Waals surface area contributed by atoms with Crippen molar-refractivity contribution in [3.05, 3.63) is 29.6 Å². The summed E-state index contributed by atoms with van der Waals surface area (Å²) in [7, 11) is 0. The number of benzene rings is 1. The van der Waals surface area contributed by atoms with Gasteiger partial charge >= 0.3 is 5.97 Å². The molecule has 1 aliphatic rings. The summed E-state index contributed by atoms with van der Waals surface area (Å²) in [5.41, 5.74) is 0.576. The highest BCUT2D eigenvalue weighted by Crippen LogP contribution is 2.30. The molecule has 0 amide bonds. The van der Waals surface area contributed by atoms with Gasteiger partial charge in [-0.2, -0.15) is 0 Å². The van der Waals surface area contributed by atoms with Gasteiger partial charge in [-0.3, -0.25) is 4.90 Å². The predicted octanol–water partition coefficient (Wildman–Crippen LogP) is 1.38. The van der Waals surface area contributed by atoms with Crippen molar-refractivity contribution in [1.82, 2.24) is 4.90 Å². The standard InChI is InChI=1S/C13H16FNO4/c1-8(10-3-2-9(14)6-11(10)16)15-4-5-19-12(7-15)13(17)18/h2-3,6,8,12,16H,4-5,7H2,1H3,(H,17,18). The van der Waals surface area contributed by atoms with Gasteiger partial charge in [0.25, 0.3) is 0 Å². The lowest BCUT2D eigenvalue weighted by Crippen LogP contribution is -2.46. The van der Waals surface area contributed by atoms with Crippen molar-refractivity contribution in [3.63, 3.8) is 0 Å². The number of carboxylic acids is 1. The normalized spacial score (nSPS) is 22.1. The molecule has 0 radical (unpaired) electrons. The van der Waals surface area contributed by atoms with E-state index in [1.165, 1.54) is 12.1 Å². The van der Waals surface area contributed by atoms with Crippen molar-refractivity contribution in [2.75, 3.05) is 19.7 Å². The minimum Gasteiger partial charge on any atom is -0.508 e. The Hall–Kier alpha value is -1.66. The highest BCUT2D eigenvalue weighted by Gasteiger charge is 2.30. The van der Waals surface area contributed by atoms with Crippen LogP contribution in [-0.4, -0.2) is 46.9 Å². The van der Waals surface area contributed by atoms with Crippen LogP contribution in [0.2, 0.25) is 0 Å². The van der Waals surface area contributed by atoms with Gasteiger partial charge in [0, 0.05) is 30.8 Å². The maximum Gasteiger partial charge on any atom is 0.334 e. The van der Waals surface area contributed by atoms with E-state index in [0.717, 1.165) is 6.07 Å². The van der Waals surface area contributed by atoms with Gasteiger partial charge in [-0.25, -0.2) is 9.18 Å². The van der Waals surface area contributed by atoms with Gasteiger partial charge in [-0.05, 0) is 13.0 Å². The summed E-state index contributed by atoms with van der Waals surface area (Å²) in [6, 6.07) is 3.65. The first-order chi connectivity index (χ1) is 8.99. The van der Waals surface area contributed by atoms with E-state index < -0.39 is 17.9 Å². The Morgan fingerprint density at radius 1 is 1.58 bits per heavy atom. The fourth-order valence-corrected chi connectivity index (χ4v) is 2.24. The minimum atomic E-state index is -1.000. The number of carboxylic acid groups (broad SMARTS) is 1. The van der Waals surface area contributed by atoms with E-state index in [0.29, 0.717) is 18.7 Å². The molecule has 2 atom stereocenters. The van der Waals surface area contributed by atoms with Crippen molar-refractivity contribution < 1.29 is 24.1 Å². The third-order valence-corrected chi connectivity index (χ3v) is 3.36. The second-order valence-corrected chi connectivity index (χ2v) is 4.57. The summed E-state index contributed by atoms with van der Waals surface area (Å²) >= 11 is 0. The Balaban J connectivity index is 2.14. The smallest absolute Gasteiger partial charge is 0.334 e. The van der Waals surface area contributed by atoms with Gasteiger partial charge in [-0.15, -0.1) is 0 Å². The quantitative estimate of drug-likeness (QED) is 0.867. The number of hydrogen-bond acceptors (Lipinski definition) is 4. The summed E-state index contributed by atoms with van der Waals surface area (Å²) in [6.45, 7) is 2.98. The van der Waals surface area contributed by atoms with Gasteiger partial charge in [-0.1, -0.05) is 6.07 Å². The number of phenols is 1. The lowest BCUT2D eigenvalue weighted by Gasteiger charge is -2.35. The van der Waals surface area contributed by atoms with Gasteiger partial charge in [0.1, 0.15) is 11.6 Å². The largest absolute Gasteiger partial charge is 0.508 e. The molecule has 1 aliphatic heterocycles. The molecule has 0 bridgehead atoms. The van der Waals surface area contributed by atoms with Crippen LogP contribution in [0.25, 0.3) is 0 Å². The first-order valence-corrected chi connectivity index (χ1v) is 6.06. The number of carbonyl (C=O) groups is 1. The fourth-order valence-electron chi connectivity index (χ4n) is 2.24. The van der Waals surface area contributed by atoms with Crippen molar-refractivity contribution in [2.45, 2.75) is 19.1 Å². The van der Waals surface area contributed by atoms with Crippen molar-refractivity contribution in [3.8, 4) is 5.75 Å². The van der Waals surface area contributed by atoms with Crippen molar-refractivity contribution >= 4 is 5.97 Å². The molecule has 19 heavy (non-hydrogen) atoms. The number of aromatic hydroxyl groups is 1. The molecule has 5 nitrogen and oxygen atoms in total. The Morgan fingerprint density at radius 2 is 2.32 bits per heavy atom. The summed E-state index contributed by atoms with van der Waals surface area (Å²) in [5.74, 6) is -1.62. The number of rotatable bonds is 3. The van der Waals surface area contributed by atoms with E-state index in [9.17, 15) is 14.3 Å². The summed E-state index contributed by atoms with van der Waals surface area (Å²) in [6.07, 6.45) is -0.862. The third-order valence-electron chi connectivity index (χ3n) is 3.36. The molecule has 0 saturated carbocycles. The molecular weight excluding hydrogens is 253 g/mol. The lowest BCUT2D eigenvalue weighted by molar-refractivity contribution is -0.157. The van der Waals surface area contributed by atoms with Crippen LogP contribution in [0, 0.1) is 5.82 Å². The molecule has 0 aliphatic carbocycles. The third kappa shape index (κ3) is 3.02. The highest BCUT2D eigenvalue weighted by molar-refractivity contribution is 5.72. The Morgan fingerprint density at radius 3 is 2.95 bits per heavy atom. The van der Waals surface area contributed by atoms with Crippen molar-refractivity contribution in [2.24, 2.45) is 0 Å². The number of aliphatic carboxylic acids is 1. The Bertz CT molecular complexity index is 480. The molecule has 104 valence electrons. The molecule has 0 spiro atoms. The number of phenolic OH excluding ortho intramolecular Hbond substituents is 1. The van der Waals surface area contributed by atoms with Crippen LogP contribution >= 0.6 is 0 Å². The van der Waals surface area contributed by atoms with Crippen molar-refractivity contribution in [1.29, 1.82) is 0 Å². The van der Waals surface area contributed by atoms with Crippen LogP contribution in [0.15, 0.2) is 18.2 Å². The second-order valence-electron chi connectivity index (χ2n) is 4.57. The van der Waals surface area contributed by atoms with Crippen LogP contribution in [0.4, 0.5) is 4.39 Å². The van der Waals surface area contributed by atoms with Gasteiger partial charge in [0.05, 0.1) is 6.61 Å². The molecule has 2 unspecified atom stereocenters. The Labute approximate surface area is 110 Å². The van der Waals surface area contributed by atoms with Gasteiger partial charge in [0.15, 0.2) is 6.10 Å². The minimum absolute atomic E-state index is 0.120. The maximum absolute atomic E-state index is 12.9. The number of halogens is 1. The van der Waals surface area contributed by atoms with Crippen LogP contribution in [-0.2, 0) is 9.53 Å². The molecule has 1 aromatic rings. The predicted molar refractivity (Wildman–Crippen MR) is 65.4 cm³/mol. The summed E-state index contributed by atoms with van der Waals surface area (Å²) in [4.78, 5) is 12.8. The molecule has 1 heterocycles. The first kappa shape index (κ1) is 13.8. The SMILES string of the molecule is CC(c1ccc(F)cc1O)N1CCOC(C(=O)O)C1. The van der Waals surface area contributed by atoms with Crippen LogP contribution in [0.1, 0.15) is 18.5 Å². The van der Waals surface area contributed by atoms with Crippen LogP contribution < -0.4 is 0 Å². The molecule has 2 rings (SSSR count). The zero-order valence-corrected chi connectivity index (χ0v) is 10.5. The zero-order valence-electron chi connectivity index (χ0n) is 10.5. The average Bonchev–Trinajstić information content (AvgIpc) is 2.38. The summed E-state index contributed by atoms with van der Waals surface area (Å²) in [5, 5.41) is 18.7. The number of ether oxygens (including phenoxy) is 1. The fraction of sp³-hybridized carbons (Fsp3) is 0.462. The van der Waals surface area contributed by atoms with Gasteiger partial charge in [0.2, 0.25) is 0 Å². The molecule has 0 aromatic heterocycles.